The summed E-state index contributed by atoms with van der Waals surface area (Å²) >= 11 is 0. The van der Waals surface area contributed by atoms with Crippen LogP contribution in [0.25, 0.3) is 0 Å². The van der Waals surface area contributed by atoms with E-state index in [-0.39, 0.29) is 5.84 Å². The molecule has 13 heavy (non-hydrogen) atoms. The van der Waals surface area contributed by atoms with E-state index >= 15 is 0 Å². The summed E-state index contributed by atoms with van der Waals surface area (Å²) in [4.78, 5) is 0. The van der Waals surface area contributed by atoms with Gasteiger partial charge in [0, 0.05) is 5.69 Å². The molecule has 0 heterocycles. The number of nitrogens with zero attached hydrogens (tertiary/aromatic N) is 1. The Kier molecular flexibility index (Phi) is 2.59. The summed E-state index contributed by atoms with van der Waals surface area (Å²) in [6, 6.07) is 5.06. The van der Waals surface area contributed by atoms with Gasteiger partial charge in [-0.25, -0.2) is 0 Å². The molecule has 1 rings (SSSR count). The molecule has 0 fully saturated rings. The molecule has 0 aliphatic carbocycles. The molecule has 1 aromatic carbocycles. The highest BCUT2D eigenvalue weighted by Crippen LogP contribution is 2.23. The van der Waals surface area contributed by atoms with Crippen LogP contribution < -0.4 is 16.2 Å². The molecular weight excluding hydrogens is 170 g/mol. The number of nitrogen functional groups attached to an aromatic ring is 1. The van der Waals surface area contributed by atoms with Crippen LogP contribution in [0.4, 0.5) is 5.69 Å². The zero-order chi connectivity index (χ0) is 9.84. The third kappa shape index (κ3) is 1.64. The monoisotopic (exact) mass is 181 g/mol. The number of ether oxygens (including phenoxy) is 1. The molecule has 0 radical (unpaired) electrons. The predicted octanol–water partition coefficient (Wildman–Crippen LogP) is 0.372. The molecule has 0 aliphatic heterocycles. The molecule has 0 bridgehead atoms. The van der Waals surface area contributed by atoms with Crippen molar-refractivity contribution in [2.45, 2.75) is 0 Å². The molecule has 1 aromatic rings. The summed E-state index contributed by atoms with van der Waals surface area (Å²) in [7, 11) is 1.49. The van der Waals surface area contributed by atoms with Crippen molar-refractivity contribution in [1.82, 2.24) is 0 Å². The Morgan fingerprint density at radius 3 is 2.77 bits per heavy atom. The fourth-order valence-corrected chi connectivity index (χ4v) is 1.04. The van der Waals surface area contributed by atoms with Gasteiger partial charge in [0.15, 0.2) is 5.84 Å². The van der Waals surface area contributed by atoms with Crippen LogP contribution in [0, 0.1) is 0 Å². The van der Waals surface area contributed by atoms with Crippen LogP contribution in [0.5, 0.6) is 5.75 Å². The minimum absolute atomic E-state index is 0.0602. The number of amidine groups is 1. The standard InChI is InChI=1S/C8H11N3O2/c1-13-6-4-2-3-5(9)7(6)8(10)11-12/h2-4,12H,9H2,1H3,(H2,10,11). The summed E-state index contributed by atoms with van der Waals surface area (Å²) in [5.74, 6) is 0.422. The van der Waals surface area contributed by atoms with E-state index < -0.39 is 0 Å². The van der Waals surface area contributed by atoms with Crippen LogP contribution in [0.15, 0.2) is 23.4 Å². The SMILES string of the molecule is COc1cccc(N)c1C(N)=NO. The molecule has 0 saturated carbocycles. The first-order chi connectivity index (χ1) is 6.20. The van der Waals surface area contributed by atoms with Crippen molar-refractivity contribution >= 4 is 11.5 Å². The van der Waals surface area contributed by atoms with Crippen molar-refractivity contribution in [2.24, 2.45) is 10.9 Å². The fourth-order valence-electron chi connectivity index (χ4n) is 1.04. The van der Waals surface area contributed by atoms with Gasteiger partial charge in [0.25, 0.3) is 0 Å². The average molecular weight is 181 g/mol. The van der Waals surface area contributed by atoms with Gasteiger partial charge in [0.05, 0.1) is 12.7 Å². The summed E-state index contributed by atoms with van der Waals surface area (Å²) in [6.07, 6.45) is 0. The first-order valence-electron chi connectivity index (χ1n) is 3.61. The molecular formula is C8H11N3O2. The van der Waals surface area contributed by atoms with E-state index in [0.717, 1.165) is 0 Å². The zero-order valence-electron chi connectivity index (χ0n) is 7.19. The number of methoxy groups -OCH3 is 1. The minimum atomic E-state index is -0.0602. The quantitative estimate of drug-likeness (QED) is 0.202. The maximum absolute atomic E-state index is 8.48. The van der Waals surface area contributed by atoms with Gasteiger partial charge >= 0.3 is 0 Å². The molecule has 5 nitrogen and oxygen atoms in total. The number of benzene rings is 1. The topological polar surface area (TPSA) is 93.9 Å². The Morgan fingerprint density at radius 1 is 1.54 bits per heavy atom. The first-order valence-corrected chi connectivity index (χ1v) is 3.61. The molecule has 5 heteroatoms. The number of nitrogens with two attached hydrogens (primary N) is 2. The van der Waals surface area contributed by atoms with E-state index in [2.05, 4.69) is 5.16 Å². The van der Waals surface area contributed by atoms with Crippen molar-refractivity contribution in [3.05, 3.63) is 23.8 Å². The lowest BCUT2D eigenvalue weighted by Crippen LogP contribution is -2.16. The van der Waals surface area contributed by atoms with Gasteiger partial charge in [-0.05, 0) is 12.1 Å². The molecule has 5 N–H and O–H groups in total. The van der Waals surface area contributed by atoms with Gasteiger partial charge < -0.3 is 21.4 Å². The van der Waals surface area contributed by atoms with Crippen LogP contribution in [0.1, 0.15) is 5.56 Å². The Balaban J connectivity index is 3.31. The van der Waals surface area contributed by atoms with Crippen molar-refractivity contribution in [3.8, 4) is 5.75 Å². The number of rotatable bonds is 2. The molecule has 0 amide bonds. The number of oxime groups is 1. The van der Waals surface area contributed by atoms with E-state index in [1.54, 1.807) is 18.2 Å². The third-order valence-electron chi connectivity index (χ3n) is 1.64. The maximum atomic E-state index is 8.48. The highest BCUT2D eigenvalue weighted by molar-refractivity contribution is 6.04. The normalized spacial score (nSPS) is 11.3. The van der Waals surface area contributed by atoms with Gasteiger partial charge in [-0.15, -0.1) is 0 Å². The fraction of sp³-hybridized carbons (Fsp3) is 0.125. The van der Waals surface area contributed by atoms with E-state index in [0.29, 0.717) is 17.0 Å². The summed E-state index contributed by atoms with van der Waals surface area (Å²) in [5, 5.41) is 11.3. The number of hydrogen-bond acceptors (Lipinski definition) is 4. The highest BCUT2D eigenvalue weighted by atomic mass is 16.5. The zero-order valence-corrected chi connectivity index (χ0v) is 7.19. The van der Waals surface area contributed by atoms with Crippen LogP contribution >= 0.6 is 0 Å². The predicted molar refractivity (Wildman–Crippen MR) is 49.9 cm³/mol. The minimum Gasteiger partial charge on any atom is -0.496 e. The third-order valence-corrected chi connectivity index (χ3v) is 1.64. The van der Waals surface area contributed by atoms with Gasteiger partial charge in [0.2, 0.25) is 0 Å². The van der Waals surface area contributed by atoms with E-state index in [1.807, 2.05) is 0 Å². The van der Waals surface area contributed by atoms with Gasteiger partial charge in [-0.1, -0.05) is 11.2 Å². The lowest BCUT2D eigenvalue weighted by atomic mass is 10.1. The van der Waals surface area contributed by atoms with Gasteiger partial charge in [0.1, 0.15) is 5.75 Å². The van der Waals surface area contributed by atoms with E-state index in [1.165, 1.54) is 7.11 Å². The Morgan fingerprint density at radius 2 is 2.23 bits per heavy atom. The lowest BCUT2D eigenvalue weighted by Gasteiger charge is -2.08. The molecule has 0 aliphatic rings. The highest BCUT2D eigenvalue weighted by Gasteiger charge is 2.10. The van der Waals surface area contributed by atoms with Gasteiger partial charge in [-0.2, -0.15) is 0 Å². The van der Waals surface area contributed by atoms with Crippen LogP contribution in [-0.4, -0.2) is 18.2 Å². The second-order valence-electron chi connectivity index (χ2n) is 2.41. The smallest absolute Gasteiger partial charge is 0.175 e. The maximum Gasteiger partial charge on any atom is 0.175 e. The van der Waals surface area contributed by atoms with Crippen molar-refractivity contribution < 1.29 is 9.94 Å². The largest absolute Gasteiger partial charge is 0.496 e. The summed E-state index contributed by atoms with van der Waals surface area (Å²) in [5.41, 5.74) is 11.9. The summed E-state index contributed by atoms with van der Waals surface area (Å²) < 4.78 is 5.00. The van der Waals surface area contributed by atoms with Gasteiger partial charge in [-0.3, -0.25) is 0 Å². The second kappa shape index (κ2) is 3.66. The second-order valence-corrected chi connectivity index (χ2v) is 2.41. The van der Waals surface area contributed by atoms with Crippen LogP contribution in [0.2, 0.25) is 0 Å². The molecule has 0 unspecified atom stereocenters. The molecule has 0 aromatic heterocycles. The molecule has 0 spiro atoms. The Bertz CT molecular complexity index is 336. The van der Waals surface area contributed by atoms with Crippen molar-refractivity contribution in [2.75, 3.05) is 12.8 Å². The molecule has 0 saturated heterocycles. The van der Waals surface area contributed by atoms with Crippen molar-refractivity contribution in [3.63, 3.8) is 0 Å². The number of hydrogen-bond donors (Lipinski definition) is 3. The van der Waals surface area contributed by atoms with E-state index in [4.69, 9.17) is 21.4 Å². The summed E-state index contributed by atoms with van der Waals surface area (Å²) in [6.45, 7) is 0. The van der Waals surface area contributed by atoms with E-state index in [9.17, 15) is 0 Å². The number of anilines is 1. The Labute approximate surface area is 75.6 Å². The molecule has 70 valence electrons. The first kappa shape index (κ1) is 9.18. The lowest BCUT2D eigenvalue weighted by molar-refractivity contribution is 0.318. The Hall–Kier alpha value is -1.91. The average Bonchev–Trinajstić information content (AvgIpc) is 2.16. The molecule has 0 atom stereocenters. The van der Waals surface area contributed by atoms with Crippen molar-refractivity contribution in [1.29, 1.82) is 0 Å². The van der Waals surface area contributed by atoms with Crippen LogP contribution in [-0.2, 0) is 0 Å². The van der Waals surface area contributed by atoms with Crippen LogP contribution in [0.3, 0.4) is 0 Å².